The minimum Gasteiger partial charge on any atom is -0.262 e. The Morgan fingerprint density at radius 2 is 2.13 bits per heavy atom. The molecular formula is C9H7Cl2N3S. The van der Waals surface area contributed by atoms with Crippen molar-refractivity contribution in [2.75, 3.05) is 5.88 Å². The van der Waals surface area contributed by atoms with E-state index in [2.05, 4.69) is 15.2 Å². The predicted molar refractivity (Wildman–Crippen MR) is 62.6 cm³/mol. The van der Waals surface area contributed by atoms with Crippen molar-refractivity contribution in [1.82, 2.24) is 15.2 Å². The number of aryl methyl sites for hydroxylation is 1. The lowest BCUT2D eigenvalue weighted by atomic mass is 10.3. The summed E-state index contributed by atoms with van der Waals surface area (Å²) in [6.45, 7) is 0. The topological polar surface area (TPSA) is 38.7 Å². The van der Waals surface area contributed by atoms with Crippen molar-refractivity contribution in [2.24, 2.45) is 0 Å². The van der Waals surface area contributed by atoms with Crippen LogP contribution < -0.4 is 0 Å². The van der Waals surface area contributed by atoms with Gasteiger partial charge in [0.05, 0.1) is 5.02 Å². The van der Waals surface area contributed by atoms with Gasteiger partial charge in [0, 0.05) is 30.3 Å². The first kappa shape index (κ1) is 10.8. The van der Waals surface area contributed by atoms with Gasteiger partial charge >= 0.3 is 0 Å². The lowest BCUT2D eigenvalue weighted by Crippen LogP contribution is -1.83. The van der Waals surface area contributed by atoms with E-state index >= 15 is 0 Å². The fourth-order valence-electron chi connectivity index (χ4n) is 1.08. The molecule has 0 aliphatic heterocycles. The molecule has 0 spiro atoms. The van der Waals surface area contributed by atoms with Crippen LogP contribution in [0.1, 0.15) is 5.01 Å². The number of nitrogens with zero attached hydrogens (tertiary/aromatic N) is 3. The SMILES string of the molecule is ClCCc1nnc(-c2cncc(Cl)c2)s1. The molecule has 2 rings (SSSR count). The molecule has 2 aromatic heterocycles. The lowest BCUT2D eigenvalue weighted by Gasteiger charge is -1.93. The highest BCUT2D eigenvalue weighted by atomic mass is 35.5. The van der Waals surface area contributed by atoms with Gasteiger partial charge in [-0.1, -0.05) is 22.9 Å². The summed E-state index contributed by atoms with van der Waals surface area (Å²) in [7, 11) is 0. The highest BCUT2D eigenvalue weighted by molar-refractivity contribution is 7.14. The van der Waals surface area contributed by atoms with E-state index in [0.29, 0.717) is 10.9 Å². The summed E-state index contributed by atoms with van der Waals surface area (Å²) in [6, 6.07) is 1.82. The highest BCUT2D eigenvalue weighted by Crippen LogP contribution is 2.24. The largest absolute Gasteiger partial charge is 0.262 e. The van der Waals surface area contributed by atoms with E-state index in [1.807, 2.05) is 6.07 Å². The zero-order valence-corrected chi connectivity index (χ0v) is 9.98. The minimum atomic E-state index is 0.558. The fraction of sp³-hybridized carbons (Fsp3) is 0.222. The summed E-state index contributed by atoms with van der Waals surface area (Å²) in [5.74, 6) is 0.558. The number of halogens is 2. The third-order valence-corrected chi connectivity index (χ3v) is 3.15. The first-order valence-corrected chi connectivity index (χ1v) is 6.02. The molecule has 3 nitrogen and oxygen atoms in total. The van der Waals surface area contributed by atoms with Crippen molar-refractivity contribution >= 4 is 34.5 Å². The third kappa shape index (κ3) is 2.65. The number of alkyl halides is 1. The Hall–Kier alpha value is -0.710. The average molecular weight is 260 g/mol. The maximum absolute atomic E-state index is 5.84. The van der Waals surface area contributed by atoms with Gasteiger partial charge in [0.25, 0.3) is 0 Å². The second kappa shape index (κ2) is 4.88. The van der Waals surface area contributed by atoms with Gasteiger partial charge < -0.3 is 0 Å². The van der Waals surface area contributed by atoms with Gasteiger partial charge in [-0.3, -0.25) is 4.98 Å². The zero-order chi connectivity index (χ0) is 10.7. The van der Waals surface area contributed by atoms with E-state index in [4.69, 9.17) is 23.2 Å². The minimum absolute atomic E-state index is 0.558. The summed E-state index contributed by atoms with van der Waals surface area (Å²) in [5, 5.41) is 10.4. The first-order chi connectivity index (χ1) is 7.29. The lowest BCUT2D eigenvalue weighted by molar-refractivity contribution is 0.989. The molecule has 0 aromatic carbocycles. The molecule has 0 aliphatic rings. The molecular weight excluding hydrogens is 253 g/mol. The normalized spacial score (nSPS) is 10.5. The maximum atomic E-state index is 5.84. The standard InChI is InChI=1S/C9H7Cl2N3S/c10-2-1-8-13-14-9(15-8)6-3-7(11)5-12-4-6/h3-5H,1-2H2. The summed E-state index contributed by atoms with van der Waals surface area (Å²) in [4.78, 5) is 4.00. The first-order valence-electron chi connectivity index (χ1n) is 4.29. The van der Waals surface area contributed by atoms with Crippen LogP contribution in [0.2, 0.25) is 5.02 Å². The monoisotopic (exact) mass is 259 g/mol. The third-order valence-electron chi connectivity index (χ3n) is 1.73. The van der Waals surface area contributed by atoms with Crippen LogP contribution in [0.3, 0.4) is 0 Å². The average Bonchev–Trinajstić information content (AvgIpc) is 2.67. The summed E-state index contributed by atoms with van der Waals surface area (Å²) < 4.78 is 0. The number of hydrogen-bond acceptors (Lipinski definition) is 4. The predicted octanol–water partition coefficient (Wildman–Crippen LogP) is 3.03. The van der Waals surface area contributed by atoms with Crippen LogP contribution in [0.4, 0.5) is 0 Å². The van der Waals surface area contributed by atoms with Crippen molar-refractivity contribution in [2.45, 2.75) is 6.42 Å². The molecule has 0 saturated carbocycles. The van der Waals surface area contributed by atoms with Crippen molar-refractivity contribution in [3.05, 3.63) is 28.5 Å². The molecule has 6 heteroatoms. The molecule has 0 bridgehead atoms. The summed E-state index contributed by atoms with van der Waals surface area (Å²) in [5.41, 5.74) is 0.890. The van der Waals surface area contributed by atoms with Gasteiger partial charge in [0.1, 0.15) is 10.0 Å². The van der Waals surface area contributed by atoms with Crippen molar-refractivity contribution in [3.8, 4) is 10.6 Å². The number of aromatic nitrogens is 3. The molecule has 2 aromatic rings. The van der Waals surface area contributed by atoms with E-state index in [9.17, 15) is 0 Å². The van der Waals surface area contributed by atoms with Gasteiger partial charge in [0.15, 0.2) is 0 Å². The number of hydrogen-bond donors (Lipinski definition) is 0. The van der Waals surface area contributed by atoms with Crippen molar-refractivity contribution in [1.29, 1.82) is 0 Å². The van der Waals surface area contributed by atoms with Crippen molar-refractivity contribution < 1.29 is 0 Å². The Balaban J connectivity index is 2.29. The van der Waals surface area contributed by atoms with E-state index < -0.39 is 0 Å². The van der Waals surface area contributed by atoms with Crippen LogP contribution >= 0.6 is 34.5 Å². The van der Waals surface area contributed by atoms with Crippen molar-refractivity contribution in [3.63, 3.8) is 0 Å². The Bertz CT molecular complexity index is 458. The van der Waals surface area contributed by atoms with E-state index in [0.717, 1.165) is 22.0 Å². The Morgan fingerprint density at radius 1 is 1.27 bits per heavy atom. The second-order valence-electron chi connectivity index (χ2n) is 2.83. The maximum Gasteiger partial charge on any atom is 0.149 e. The Morgan fingerprint density at radius 3 is 2.87 bits per heavy atom. The second-order valence-corrected chi connectivity index (χ2v) is 4.71. The van der Waals surface area contributed by atoms with E-state index in [1.165, 1.54) is 11.3 Å². The molecule has 0 atom stereocenters. The van der Waals surface area contributed by atoms with E-state index in [1.54, 1.807) is 12.4 Å². The molecule has 2 heterocycles. The number of rotatable bonds is 3. The smallest absolute Gasteiger partial charge is 0.149 e. The molecule has 0 amide bonds. The van der Waals surface area contributed by atoms with Crippen LogP contribution in [0.15, 0.2) is 18.5 Å². The van der Waals surface area contributed by atoms with Crippen LogP contribution in [0.5, 0.6) is 0 Å². The highest BCUT2D eigenvalue weighted by Gasteiger charge is 2.06. The van der Waals surface area contributed by atoms with Crippen LogP contribution in [0.25, 0.3) is 10.6 Å². The van der Waals surface area contributed by atoms with Crippen LogP contribution in [-0.2, 0) is 6.42 Å². The van der Waals surface area contributed by atoms with Crippen LogP contribution in [0, 0.1) is 0 Å². The van der Waals surface area contributed by atoms with Crippen LogP contribution in [-0.4, -0.2) is 21.1 Å². The quantitative estimate of drug-likeness (QED) is 0.796. The van der Waals surface area contributed by atoms with Gasteiger partial charge in [-0.25, -0.2) is 0 Å². The Kier molecular flexibility index (Phi) is 3.51. The molecule has 0 fully saturated rings. The number of pyridine rings is 1. The molecule has 0 saturated heterocycles. The summed E-state index contributed by atoms with van der Waals surface area (Å²) in [6.07, 6.45) is 4.05. The van der Waals surface area contributed by atoms with Gasteiger partial charge in [-0.2, -0.15) is 0 Å². The van der Waals surface area contributed by atoms with Gasteiger partial charge in [0.2, 0.25) is 0 Å². The van der Waals surface area contributed by atoms with Gasteiger partial charge in [-0.15, -0.1) is 21.8 Å². The Labute approximate surface area is 101 Å². The molecule has 0 radical (unpaired) electrons. The van der Waals surface area contributed by atoms with Gasteiger partial charge in [-0.05, 0) is 6.07 Å². The zero-order valence-electron chi connectivity index (χ0n) is 7.65. The molecule has 0 N–H and O–H groups in total. The molecule has 78 valence electrons. The fourth-order valence-corrected chi connectivity index (χ4v) is 2.37. The summed E-state index contributed by atoms with van der Waals surface area (Å²) >= 11 is 13.0. The molecule has 15 heavy (non-hydrogen) atoms. The molecule has 0 unspecified atom stereocenters. The van der Waals surface area contributed by atoms with E-state index in [-0.39, 0.29) is 0 Å². The molecule has 0 aliphatic carbocycles.